The van der Waals surface area contributed by atoms with Crippen LogP contribution in [0.2, 0.25) is 0 Å². The van der Waals surface area contributed by atoms with Crippen molar-refractivity contribution in [2.75, 3.05) is 6.54 Å². The van der Waals surface area contributed by atoms with Crippen LogP contribution < -0.4 is 0 Å². The van der Waals surface area contributed by atoms with Gasteiger partial charge in [0.15, 0.2) is 0 Å². The van der Waals surface area contributed by atoms with Gasteiger partial charge < -0.3 is 4.90 Å². The molecule has 0 spiro atoms. The molecule has 1 fully saturated rings. The fourth-order valence-corrected chi connectivity index (χ4v) is 3.37. The first-order valence-corrected chi connectivity index (χ1v) is 8.06. The van der Waals surface area contributed by atoms with E-state index in [-0.39, 0.29) is 12.0 Å². The van der Waals surface area contributed by atoms with E-state index in [1.165, 1.54) is 16.7 Å². The van der Waals surface area contributed by atoms with Crippen LogP contribution in [-0.4, -0.2) is 17.4 Å². The van der Waals surface area contributed by atoms with Crippen LogP contribution in [0.1, 0.15) is 36.1 Å². The van der Waals surface area contributed by atoms with Crippen molar-refractivity contribution in [3.05, 3.63) is 71.3 Å². The summed E-state index contributed by atoms with van der Waals surface area (Å²) in [7, 11) is 0. The van der Waals surface area contributed by atoms with Crippen molar-refractivity contribution in [2.24, 2.45) is 5.92 Å². The molecule has 2 heteroatoms. The van der Waals surface area contributed by atoms with Crippen LogP contribution in [0.3, 0.4) is 0 Å². The highest BCUT2D eigenvalue weighted by Gasteiger charge is 2.34. The first-order chi connectivity index (χ1) is 10.6. The Balaban J connectivity index is 1.70. The number of hydrogen-bond donors (Lipinski definition) is 0. The average Bonchev–Trinajstić information content (AvgIpc) is 2.89. The molecule has 1 saturated heterocycles. The van der Waals surface area contributed by atoms with E-state index in [2.05, 4.69) is 50.2 Å². The SMILES string of the molecule is Cc1cccc(C[C@@H]2CCN([C@@H](C)c3ccccc3)C2=O)c1. The second-order valence-electron chi connectivity index (χ2n) is 6.30. The monoisotopic (exact) mass is 293 g/mol. The summed E-state index contributed by atoms with van der Waals surface area (Å²) < 4.78 is 0. The quantitative estimate of drug-likeness (QED) is 0.829. The van der Waals surface area contributed by atoms with Crippen molar-refractivity contribution in [2.45, 2.75) is 32.7 Å². The van der Waals surface area contributed by atoms with Crippen LogP contribution >= 0.6 is 0 Å². The van der Waals surface area contributed by atoms with Crippen LogP contribution in [0.4, 0.5) is 0 Å². The predicted molar refractivity (Wildman–Crippen MR) is 89.6 cm³/mol. The number of amides is 1. The molecule has 2 aromatic rings. The maximum Gasteiger partial charge on any atom is 0.226 e. The lowest BCUT2D eigenvalue weighted by atomic mass is 9.97. The number of nitrogens with zero attached hydrogens (tertiary/aromatic N) is 1. The van der Waals surface area contributed by atoms with Crippen LogP contribution in [0.5, 0.6) is 0 Å². The minimum atomic E-state index is 0.132. The molecule has 0 N–H and O–H groups in total. The van der Waals surface area contributed by atoms with E-state index < -0.39 is 0 Å². The van der Waals surface area contributed by atoms with E-state index in [4.69, 9.17) is 0 Å². The first-order valence-electron chi connectivity index (χ1n) is 8.06. The highest BCUT2D eigenvalue weighted by atomic mass is 16.2. The third-order valence-corrected chi connectivity index (χ3v) is 4.66. The van der Waals surface area contributed by atoms with Crippen LogP contribution in [0.25, 0.3) is 0 Å². The molecule has 1 aliphatic heterocycles. The van der Waals surface area contributed by atoms with Gasteiger partial charge in [-0.25, -0.2) is 0 Å². The topological polar surface area (TPSA) is 20.3 Å². The molecule has 1 amide bonds. The molecule has 1 aliphatic rings. The minimum Gasteiger partial charge on any atom is -0.336 e. The highest BCUT2D eigenvalue weighted by Crippen LogP contribution is 2.30. The number of likely N-dealkylation sites (tertiary alicyclic amines) is 1. The molecule has 0 bridgehead atoms. The number of rotatable bonds is 4. The van der Waals surface area contributed by atoms with Gasteiger partial charge in [0.05, 0.1) is 6.04 Å². The van der Waals surface area contributed by atoms with Crippen molar-refractivity contribution >= 4 is 5.91 Å². The van der Waals surface area contributed by atoms with Gasteiger partial charge in [0, 0.05) is 12.5 Å². The Morgan fingerprint density at radius 2 is 1.91 bits per heavy atom. The van der Waals surface area contributed by atoms with Crippen LogP contribution in [0, 0.1) is 12.8 Å². The van der Waals surface area contributed by atoms with Crippen molar-refractivity contribution in [3.8, 4) is 0 Å². The summed E-state index contributed by atoms with van der Waals surface area (Å²) in [6.45, 7) is 5.09. The van der Waals surface area contributed by atoms with Crippen molar-refractivity contribution < 1.29 is 4.79 Å². The van der Waals surface area contributed by atoms with Gasteiger partial charge >= 0.3 is 0 Å². The van der Waals surface area contributed by atoms with Gasteiger partial charge in [0.1, 0.15) is 0 Å². The number of carbonyl (C=O) groups excluding carboxylic acids is 1. The Bertz CT molecular complexity index is 650. The predicted octanol–water partition coefficient (Wildman–Crippen LogP) is 4.15. The first kappa shape index (κ1) is 14.8. The van der Waals surface area contributed by atoms with E-state index in [9.17, 15) is 4.79 Å². The minimum absolute atomic E-state index is 0.132. The molecule has 0 aromatic heterocycles. The van der Waals surface area contributed by atoms with E-state index in [1.54, 1.807) is 0 Å². The van der Waals surface area contributed by atoms with Gasteiger partial charge in [-0.1, -0.05) is 60.2 Å². The zero-order valence-electron chi connectivity index (χ0n) is 13.3. The molecule has 2 aromatic carbocycles. The maximum absolute atomic E-state index is 12.7. The van der Waals surface area contributed by atoms with E-state index in [0.29, 0.717) is 5.91 Å². The zero-order valence-corrected chi connectivity index (χ0v) is 13.3. The van der Waals surface area contributed by atoms with Crippen LogP contribution in [0.15, 0.2) is 54.6 Å². The van der Waals surface area contributed by atoms with E-state index >= 15 is 0 Å². The zero-order chi connectivity index (χ0) is 15.5. The summed E-state index contributed by atoms with van der Waals surface area (Å²) in [5.74, 6) is 0.436. The third-order valence-electron chi connectivity index (χ3n) is 4.66. The van der Waals surface area contributed by atoms with E-state index in [0.717, 1.165) is 19.4 Å². The van der Waals surface area contributed by atoms with Crippen LogP contribution in [-0.2, 0) is 11.2 Å². The second kappa shape index (κ2) is 6.35. The van der Waals surface area contributed by atoms with Crippen molar-refractivity contribution in [1.82, 2.24) is 4.90 Å². The molecule has 0 saturated carbocycles. The highest BCUT2D eigenvalue weighted by molar-refractivity contribution is 5.81. The smallest absolute Gasteiger partial charge is 0.226 e. The lowest BCUT2D eigenvalue weighted by Crippen LogP contribution is -2.30. The number of aryl methyl sites for hydroxylation is 1. The standard InChI is InChI=1S/C20H23NO/c1-15-7-6-8-17(13-15)14-19-11-12-21(20(19)22)16(2)18-9-4-3-5-10-18/h3-10,13,16,19H,11-12,14H2,1-2H3/t16-,19-/m0/s1. The van der Waals surface area contributed by atoms with Crippen molar-refractivity contribution in [3.63, 3.8) is 0 Å². The summed E-state index contributed by atoms with van der Waals surface area (Å²) >= 11 is 0. The Morgan fingerprint density at radius 1 is 1.14 bits per heavy atom. The summed E-state index contributed by atoms with van der Waals surface area (Å²) in [5, 5.41) is 0. The lowest BCUT2D eigenvalue weighted by molar-refractivity contribution is -0.132. The third kappa shape index (κ3) is 3.06. The molecular weight excluding hydrogens is 270 g/mol. The average molecular weight is 293 g/mol. The molecule has 114 valence electrons. The molecule has 0 aliphatic carbocycles. The largest absolute Gasteiger partial charge is 0.336 e. The number of benzene rings is 2. The lowest BCUT2D eigenvalue weighted by Gasteiger charge is -2.25. The molecule has 0 radical (unpaired) electrons. The molecular formula is C20H23NO. The van der Waals surface area contributed by atoms with Gasteiger partial charge in [0.2, 0.25) is 5.91 Å². The summed E-state index contributed by atoms with van der Waals surface area (Å²) in [6.07, 6.45) is 1.82. The molecule has 2 atom stereocenters. The molecule has 3 rings (SSSR count). The molecule has 2 nitrogen and oxygen atoms in total. The Kier molecular flexibility index (Phi) is 4.28. The summed E-state index contributed by atoms with van der Waals surface area (Å²) in [4.78, 5) is 14.8. The molecule has 0 unspecified atom stereocenters. The van der Waals surface area contributed by atoms with Gasteiger partial charge in [-0.3, -0.25) is 4.79 Å². The van der Waals surface area contributed by atoms with Crippen molar-refractivity contribution in [1.29, 1.82) is 0 Å². The fourth-order valence-electron chi connectivity index (χ4n) is 3.37. The Labute approximate surface area is 132 Å². The van der Waals surface area contributed by atoms with Gasteiger partial charge in [-0.2, -0.15) is 0 Å². The maximum atomic E-state index is 12.7. The Morgan fingerprint density at radius 3 is 2.64 bits per heavy atom. The Hall–Kier alpha value is -2.09. The number of carbonyl (C=O) groups is 1. The second-order valence-corrected chi connectivity index (χ2v) is 6.30. The van der Waals surface area contributed by atoms with Gasteiger partial charge in [-0.15, -0.1) is 0 Å². The fraction of sp³-hybridized carbons (Fsp3) is 0.350. The summed E-state index contributed by atoms with van der Waals surface area (Å²) in [6, 6.07) is 19.0. The van der Waals surface area contributed by atoms with E-state index in [1.807, 2.05) is 23.1 Å². The van der Waals surface area contributed by atoms with Gasteiger partial charge in [0.25, 0.3) is 0 Å². The molecule has 1 heterocycles. The summed E-state index contributed by atoms with van der Waals surface area (Å²) in [5.41, 5.74) is 3.75. The number of hydrogen-bond acceptors (Lipinski definition) is 1. The van der Waals surface area contributed by atoms with Gasteiger partial charge in [-0.05, 0) is 37.8 Å². The molecule has 22 heavy (non-hydrogen) atoms. The normalized spacial score (nSPS) is 19.5.